The van der Waals surface area contributed by atoms with Crippen molar-refractivity contribution >= 4 is 21.8 Å². The van der Waals surface area contributed by atoms with Crippen LogP contribution in [0.1, 0.15) is 52.5 Å². The van der Waals surface area contributed by atoms with Crippen molar-refractivity contribution in [1.29, 1.82) is 0 Å². The molecule has 0 fully saturated rings. The van der Waals surface area contributed by atoms with Gasteiger partial charge in [-0.3, -0.25) is 14.5 Å². The first-order valence-corrected chi connectivity index (χ1v) is 10.8. The van der Waals surface area contributed by atoms with Gasteiger partial charge in [0.05, 0.1) is 4.90 Å². The number of sulfonamides is 1. The lowest BCUT2D eigenvalue weighted by molar-refractivity contribution is -0.133. The van der Waals surface area contributed by atoms with E-state index in [1.807, 2.05) is 25.7 Å². The number of amides is 1. The maximum absolute atomic E-state index is 13.1. The van der Waals surface area contributed by atoms with E-state index in [1.165, 1.54) is 0 Å². The highest BCUT2D eigenvalue weighted by Gasteiger charge is 2.34. The number of nitrogens with zero attached hydrogens (tertiary/aromatic N) is 2. The average molecular weight is 380 g/mol. The molecule has 0 saturated heterocycles. The van der Waals surface area contributed by atoms with E-state index in [-0.39, 0.29) is 22.6 Å². The van der Waals surface area contributed by atoms with E-state index in [4.69, 9.17) is 0 Å². The molecule has 0 aromatic heterocycles. The normalized spacial score (nSPS) is 18.8. The molecule has 0 radical (unpaired) electrons. The Morgan fingerprint density at radius 3 is 2.54 bits per heavy atom. The van der Waals surface area contributed by atoms with Crippen molar-refractivity contribution in [3.8, 4) is 0 Å². The first-order valence-electron chi connectivity index (χ1n) is 9.34. The largest absolute Gasteiger partial charge is 0.341 e. The van der Waals surface area contributed by atoms with Crippen LogP contribution >= 0.6 is 0 Å². The molecule has 1 heterocycles. The summed E-state index contributed by atoms with van der Waals surface area (Å²) in [5.74, 6) is 0.250. The summed E-state index contributed by atoms with van der Waals surface area (Å²) in [5.41, 5.74) is 0.533. The van der Waals surface area contributed by atoms with Gasteiger partial charge in [0.15, 0.2) is 0 Å². The van der Waals surface area contributed by atoms with Crippen molar-refractivity contribution in [1.82, 2.24) is 9.62 Å². The van der Waals surface area contributed by atoms with Gasteiger partial charge in [0.1, 0.15) is 11.9 Å². The second-order valence-electron chi connectivity index (χ2n) is 6.68. The van der Waals surface area contributed by atoms with Gasteiger partial charge in [-0.1, -0.05) is 45.7 Å². The Kier molecular flexibility index (Phi) is 6.81. The molecular weight excluding hydrogens is 350 g/mol. The third-order valence-corrected chi connectivity index (χ3v) is 6.24. The van der Waals surface area contributed by atoms with Crippen LogP contribution in [0.15, 0.2) is 34.2 Å². The van der Waals surface area contributed by atoms with Crippen LogP contribution in [0.25, 0.3) is 0 Å². The number of carbonyl (C=O) groups is 1. The smallest absolute Gasteiger partial charge is 0.263 e. The molecule has 144 valence electrons. The molecule has 6 nitrogen and oxygen atoms in total. The number of nitrogens with one attached hydrogen (secondary N) is 1. The predicted octanol–water partition coefficient (Wildman–Crippen LogP) is 2.79. The molecule has 26 heavy (non-hydrogen) atoms. The first-order chi connectivity index (χ1) is 12.4. The Morgan fingerprint density at radius 1 is 1.23 bits per heavy atom. The van der Waals surface area contributed by atoms with E-state index in [1.54, 1.807) is 24.3 Å². The van der Waals surface area contributed by atoms with Crippen molar-refractivity contribution in [3.63, 3.8) is 0 Å². The molecule has 0 saturated carbocycles. The van der Waals surface area contributed by atoms with Gasteiger partial charge in [-0.2, -0.15) is 0 Å². The molecule has 0 bridgehead atoms. The summed E-state index contributed by atoms with van der Waals surface area (Å²) >= 11 is 0. The molecule has 7 heteroatoms. The van der Waals surface area contributed by atoms with Crippen LogP contribution in [0.2, 0.25) is 0 Å². The number of fused-ring (bicyclic) bond motifs is 1. The molecule has 0 spiro atoms. The van der Waals surface area contributed by atoms with E-state index in [9.17, 15) is 13.2 Å². The minimum absolute atomic E-state index is 0.0166. The quantitative estimate of drug-likeness (QED) is 0.754. The number of likely N-dealkylation sites (N-methyl/N-ethyl adjacent to an activating group) is 1. The summed E-state index contributed by atoms with van der Waals surface area (Å²) in [7, 11) is -3.60. The molecule has 2 atom stereocenters. The summed E-state index contributed by atoms with van der Waals surface area (Å²) in [4.78, 5) is 19.7. The zero-order valence-electron chi connectivity index (χ0n) is 16.0. The van der Waals surface area contributed by atoms with E-state index in [0.717, 1.165) is 19.3 Å². The predicted molar refractivity (Wildman–Crippen MR) is 104 cm³/mol. The number of hydrogen-bond donors (Lipinski definition) is 1. The lowest BCUT2D eigenvalue weighted by Gasteiger charge is -2.27. The van der Waals surface area contributed by atoms with Crippen LogP contribution in [-0.4, -0.2) is 44.2 Å². The Bertz CT molecular complexity index is 774. The van der Waals surface area contributed by atoms with E-state index in [0.29, 0.717) is 18.7 Å². The van der Waals surface area contributed by atoms with E-state index >= 15 is 0 Å². The molecule has 0 unspecified atom stereocenters. The number of benzene rings is 1. The lowest BCUT2D eigenvalue weighted by atomic mass is 9.98. The zero-order valence-corrected chi connectivity index (χ0v) is 16.8. The first kappa shape index (κ1) is 20.4. The summed E-state index contributed by atoms with van der Waals surface area (Å²) in [6, 6.07) is 6.14. The topological polar surface area (TPSA) is 78.8 Å². The molecule has 1 aliphatic heterocycles. The summed E-state index contributed by atoms with van der Waals surface area (Å²) in [6.07, 6.45) is 2.74. The summed E-state index contributed by atoms with van der Waals surface area (Å²) in [6.45, 7) is 9.37. The standard InChI is InChI=1S/C19H29N3O3S/c1-5-8-13-22(7-3)19(23)17(14(4)6-2)20-18-15-11-9-10-12-16(15)26(24,25)21-18/h9-12,14,17H,5-8,13H2,1-4H3,(H,20,21)/t14-,17+/m0/s1. The van der Waals surface area contributed by atoms with Gasteiger partial charge in [-0.25, -0.2) is 8.42 Å². The van der Waals surface area contributed by atoms with Crippen LogP contribution in [-0.2, 0) is 14.8 Å². The monoisotopic (exact) mass is 379 g/mol. The van der Waals surface area contributed by atoms with Gasteiger partial charge in [0.25, 0.3) is 10.0 Å². The van der Waals surface area contributed by atoms with Crippen molar-refractivity contribution in [2.24, 2.45) is 10.9 Å². The van der Waals surface area contributed by atoms with Crippen LogP contribution in [0.5, 0.6) is 0 Å². The van der Waals surface area contributed by atoms with Gasteiger partial charge in [0, 0.05) is 18.7 Å². The third-order valence-electron chi connectivity index (χ3n) is 4.84. The third kappa shape index (κ3) is 4.26. The highest BCUT2D eigenvalue weighted by atomic mass is 32.2. The second kappa shape index (κ2) is 8.66. The number of carbonyl (C=O) groups excluding carboxylic acids is 1. The maximum Gasteiger partial charge on any atom is 0.263 e. The molecule has 0 aliphatic carbocycles. The maximum atomic E-state index is 13.1. The molecule has 1 amide bonds. The highest BCUT2D eigenvalue weighted by molar-refractivity contribution is 7.90. The molecule has 1 aromatic carbocycles. The van der Waals surface area contributed by atoms with Gasteiger partial charge in [-0.05, 0) is 31.4 Å². The van der Waals surface area contributed by atoms with Crippen LogP contribution in [0.3, 0.4) is 0 Å². The van der Waals surface area contributed by atoms with Crippen molar-refractivity contribution in [2.75, 3.05) is 13.1 Å². The Morgan fingerprint density at radius 2 is 1.92 bits per heavy atom. The van der Waals surface area contributed by atoms with E-state index in [2.05, 4.69) is 16.6 Å². The fourth-order valence-electron chi connectivity index (χ4n) is 2.98. The van der Waals surface area contributed by atoms with E-state index < -0.39 is 16.1 Å². The number of hydrogen-bond acceptors (Lipinski definition) is 4. The highest BCUT2D eigenvalue weighted by Crippen LogP contribution is 2.24. The Labute approximate surface area is 156 Å². The van der Waals surface area contributed by atoms with Gasteiger partial charge in [-0.15, -0.1) is 0 Å². The summed E-state index contributed by atoms with van der Waals surface area (Å²) < 4.78 is 27.1. The summed E-state index contributed by atoms with van der Waals surface area (Å²) in [5, 5.41) is 0. The Balaban J connectivity index is 2.40. The van der Waals surface area contributed by atoms with Crippen LogP contribution < -0.4 is 4.72 Å². The lowest BCUT2D eigenvalue weighted by Crippen LogP contribution is -2.42. The fourth-order valence-corrected chi connectivity index (χ4v) is 4.22. The number of rotatable bonds is 8. The minimum atomic E-state index is -3.60. The van der Waals surface area contributed by atoms with Gasteiger partial charge in [0.2, 0.25) is 5.91 Å². The molecule has 1 aliphatic rings. The van der Waals surface area contributed by atoms with Crippen molar-refractivity contribution < 1.29 is 13.2 Å². The van der Waals surface area contributed by atoms with Crippen LogP contribution in [0.4, 0.5) is 0 Å². The SMILES string of the molecule is CCCCN(CC)C(=O)[C@H](N=C1NS(=O)(=O)c2ccccc21)[C@@H](C)CC. The van der Waals surface area contributed by atoms with Crippen LogP contribution in [0, 0.1) is 5.92 Å². The fraction of sp³-hybridized carbons (Fsp3) is 0.579. The number of amidine groups is 1. The van der Waals surface area contributed by atoms with Gasteiger partial charge >= 0.3 is 0 Å². The molecule has 1 aromatic rings. The zero-order chi connectivity index (χ0) is 19.3. The number of aliphatic imine (C=N–C) groups is 1. The molecule has 1 N–H and O–H groups in total. The molecule has 2 rings (SSSR count). The van der Waals surface area contributed by atoms with Crippen molar-refractivity contribution in [3.05, 3.63) is 29.8 Å². The minimum Gasteiger partial charge on any atom is -0.341 e. The average Bonchev–Trinajstić information content (AvgIpc) is 2.90. The van der Waals surface area contributed by atoms with Gasteiger partial charge < -0.3 is 4.90 Å². The second-order valence-corrected chi connectivity index (χ2v) is 8.33. The Hall–Kier alpha value is -1.89. The van der Waals surface area contributed by atoms with Crippen molar-refractivity contribution in [2.45, 2.75) is 57.9 Å². The number of unbranched alkanes of at least 4 members (excludes halogenated alkanes) is 1. The molecular formula is C19H29N3O3S.